The standard InChI is InChI=1S/C10H20O.C10H14O/c1-7(2)9-5-4-8(3)6-10(9)11;1-3-8(2)9-6-4-5-7-10(9)11/h7-11H,4-6H2,1-3H3;4-8,11H,3H2,1-2H3. The average Bonchev–Trinajstić information content (AvgIpc) is 2.47. The summed E-state index contributed by atoms with van der Waals surface area (Å²) in [6.45, 7) is 10.9. The predicted octanol–water partition coefficient (Wildman–Crippen LogP) is 5.35. The van der Waals surface area contributed by atoms with Crippen LogP contribution in [0.5, 0.6) is 5.75 Å². The molecule has 1 aliphatic rings. The molecule has 1 aromatic carbocycles. The van der Waals surface area contributed by atoms with Gasteiger partial charge in [-0.1, -0.05) is 59.2 Å². The number of rotatable bonds is 3. The van der Waals surface area contributed by atoms with E-state index in [2.05, 4.69) is 34.6 Å². The van der Waals surface area contributed by atoms with Crippen LogP contribution < -0.4 is 0 Å². The Morgan fingerprint density at radius 1 is 1.14 bits per heavy atom. The highest BCUT2D eigenvalue weighted by Gasteiger charge is 2.28. The van der Waals surface area contributed by atoms with Gasteiger partial charge >= 0.3 is 0 Å². The van der Waals surface area contributed by atoms with Crippen molar-refractivity contribution in [1.82, 2.24) is 0 Å². The first-order chi connectivity index (χ1) is 10.4. The van der Waals surface area contributed by atoms with Crippen LogP contribution in [0.2, 0.25) is 0 Å². The van der Waals surface area contributed by atoms with Gasteiger partial charge in [-0.25, -0.2) is 0 Å². The van der Waals surface area contributed by atoms with Crippen molar-refractivity contribution in [2.45, 2.75) is 72.3 Å². The van der Waals surface area contributed by atoms with Crippen LogP contribution >= 0.6 is 0 Å². The summed E-state index contributed by atoms with van der Waals surface area (Å²) in [6, 6.07) is 7.52. The van der Waals surface area contributed by atoms with Crippen LogP contribution in [0.25, 0.3) is 0 Å². The third-order valence-electron chi connectivity index (χ3n) is 5.07. The molecule has 1 aliphatic carbocycles. The minimum absolute atomic E-state index is 0.0289. The molecule has 0 aromatic heterocycles. The van der Waals surface area contributed by atoms with E-state index in [0.29, 0.717) is 23.5 Å². The molecule has 0 bridgehead atoms. The zero-order chi connectivity index (χ0) is 16.7. The lowest BCUT2D eigenvalue weighted by molar-refractivity contribution is 0.0266. The third-order valence-corrected chi connectivity index (χ3v) is 5.07. The molecule has 4 atom stereocenters. The van der Waals surface area contributed by atoms with E-state index in [1.807, 2.05) is 18.2 Å². The van der Waals surface area contributed by atoms with E-state index < -0.39 is 0 Å². The Morgan fingerprint density at radius 2 is 1.77 bits per heavy atom. The van der Waals surface area contributed by atoms with E-state index in [1.54, 1.807) is 6.07 Å². The number of aliphatic hydroxyl groups excluding tert-OH is 1. The highest BCUT2D eigenvalue weighted by molar-refractivity contribution is 5.34. The smallest absolute Gasteiger partial charge is 0.119 e. The lowest BCUT2D eigenvalue weighted by Gasteiger charge is -2.33. The topological polar surface area (TPSA) is 40.5 Å². The Hall–Kier alpha value is -1.02. The van der Waals surface area contributed by atoms with Crippen LogP contribution in [0.3, 0.4) is 0 Å². The Balaban J connectivity index is 0.000000220. The zero-order valence-corrected chi connectivity index (χ0v) is 14.9. The number of phenolic OH excluding ortho intramolecular Hbond substituents is 1. The lowest BCUT2D eigenvalue weighted by Crippen LogP contribution is -2.31. The van der Waals surface area contributed by atoms with Crippen LogP contribution in [0.1, 0.15) is 71.8 Å². The van der Waals surface area contributed by atoms with Gasteiger partial charge in [-0.15, -0.1) is 0 Å². The molecule has 1 saturated carbocycles. The minimum atomic E-state index is -0.0289. The molecule has 2 rings (SSSR count). The van der Waals surface area contributed by atoms with Crippen LogP contribution in [0, 0.1) is 17.8 Å². The molecule has 1 fully saturated rings. The Kier molecular flexibility index (Phi) is 7.95. The van der Waals surface area contributed by atoms with Gasteiger partial charge < -0.3 is 10.2 Å². The molecule has 2 heteroatoms. The zero-order valence-electron chi connectivity index (χ0n) is 14.9. The van der Waals surface area contributed by atoms with Crippen molar-refractivity contribution in [1.29, 1.82) is 0 Å². The summed E-state index contributed by atoms with van der Waals surface area (Å²) in [5.41, 5.74) is 1.05. The molecular formula is C20H34O2. The minimum Gasteiger partial charge on any atom is -0.508 e. The maximum Gasteiger partial charge on any atom is 0.119 e. The molecule has 4 unspecified atom stereocenters. The monoisotopic (exact) mass is 306 g/mol. The van der Waals surface area contributed by atoms with Crippen LogP contribution in [-0.2, 0) is 0 Å². The Morgan fingerprint density at radius 3 is 2.27 bits per heavy atom. The molecule has 126 valence electrons. The summed E-state index contributed by atoms with van der Waals surface area (Å²) >= 11 is 0. The van der Waals surface area contributed by atoms with Crippen molar-refractivity contribution >= 4 is 0 Å². The molecule has 0 aliphatic heterocycles. The van der Waals surface area contributed by atoms with E-state index >= 15 is 0 Å². The van der Waals surface area contributed by atoms with Crippen molar-refractivity contribution in [3.8, 4) is 5.75 Å². The van der Waals surface area contributed by atoms with Gasteiger partial charge in [0.2, 0.25) is 0 Å². The van der Waals surface area contributed by atoms with E-state index in [1.165, 1.54) is 12.8 Å². The molecule has 1 aromatic rings. The molecule has 2 N–H and O–H groups in total. The quantitative estimate of drug-likeness (QED) is 0.790. The van der Waals surface area contributed by atoms with Gasteiger partial charge in [-0.3, -0.25) is 0 Å². The van der Waals surface area contributed by atoms with Crippen molar-refractivity contribution in [2.75, 3.05) is 0 Å². The van der Waals surface area contributed by atoms with Gasteiger partial charge in [0.15, 0.2) is 0 Å². The highest BCUT2D eigenvalue weighted by atomic mass is 16.3. The van der Waals surface area contributed by atoms with Crippen LogP contribution in [0.15, 0.2) is 24.3 Å². The van der Waals surface area contributed by atoms with E-state index in [9.17, 15) is 10.2 Å². The fraction of sp³-hybridized carbons (Fsp3) is 0.700. The van der Waals surface area contributed by atoms with Gasteiger partial charge in [0.05, 0.1) is 6.10 Å². The summed E-state index contributed by atoms with van der Waals surface area (Å²) in [4.78, 5) is 0. The number of hydrogen-bond acceptors (Lipinski definition) is 2. The number of aromatic hydroxyl groups is 1. The van der Waals surface area contributed by atoms with E-state index in [0.717, 1.165) is 24.3 Å². The second-order valence-electron chi connectivity index (χ2n) is 7.26. The molecule has 2 nitrogen and oxygen atoms in total. The van der Waals surface area contributed by atoms with Crippen LogP contribution in [0.4, 0.5) is 0 Å². The largest absolute Gasteiger partial charge is 0.508 e. The van der Waals surface area contributed by atoms with Crippen molar-refractivity contribution in [2.24, 2.45) is 17.8 Å². The summed E-state index contributed by atoms with van der Waals surface area (Å²) in [7, 11) is 0. The van der Waals surface area contributed by atoms with E-state index in [-0.39, 0.29) is 6.10 Å². The van der Waals surface area contributed by atoms with Gasteiger partial charge in [-0.2, -0.15) is 0 Å². The first kappa shape index (κ1) is 19.0. The third kappa shape index (κ3) is 5.64. The van der Waals surface area contributed by atoms with Gasteiger partial charge in [0.1, 0.15) is 5.75 Å². The SMILES string of the molecule is CC1CCC(C(C)C)C(O)C1.CCC(C)c1ccccc1O. The molecule has 0 radical (unpaired) electrons. The highest BCUT2D eigenvalue weighted by Crippen LogP contribution is 2.33. The Bertz CT molecular complexity index is 427. The lowest BCUT2D eigenvalue weighted by atomic mass is 9.75. The number of hydrogen-bond donors (Lipinski definition) is 2. The van der Waals surface area contributed by atoms with Crippen LogP contribution in [-0.4, -0.2) is 16.3 Å². The fourth-order valence-corrected chi connectivity index (χ4v) is 3.28. The van der Waals surface area contributed by atoms with Gasteiger partial charge in [0.25, 0.3) is 0 Å². The fourth-order valence-electron chi connectivity index (χ4n) is 3.28. The second kappa shape index (κ2) is 9.19. The summed E-state index contributed by atoms with van der Waals surface area (Å²) < 4.78 is 0. The number of phenols is 1. The van der Waals surface area contributed by atoms with Gasteiger partial charge in [-0.05, 0) is 54.6 Å². The predicted molar refractivity (Wildman–Crippen MR) is 94.2 cm³/mol. The molecular weight excluding hydrogens is 272 g/mol. The van der Waals surface area contributed by atoms with E-state index in [4.69, 9.17) is 0 Å². The van der Waals surface area contributed by atoms with Gasteiger partial charge in [0, 0.05) is 0 Å². The van der Waals surface area contributed by atoms with Crippen molar-refractivity contribution in [3.05, 3.63) is 29.8 Å². The maximum absolute atomic E-state index is 9.71. The Labute approximate surface area is 136 Å². The normalized spacial score (nSPS) is 26.2. The number of aliphatic hydroxyl groups is 1. The number of benzene rings is 1. The molecule has 0 amide bonds. The maximum atomic E-state index is 9.71. The van der Waals surface area contributed by atoms with Crippen molar-refractivity contribution < 1.29 is 10.2 Å². The molecule has 22 heavy (non-hydrogen) atoms. The second-order valence-corrected chi connectivity index (χ2v) is 7.26. The first-order valence-electron chi connectivity index (χ1n) is 8.82. The average molecular weight is 306 g/mol. The molecule has 0 heterocycles. The summed E-state index contributed by atoms with van der Waals surface area (Å²) in [6.07, 6.45) is 4.58. The summed E-state index contributed by atoms with van der Waals surface area (Å²) in [5.74, 6) is 2.82. The molecule has 0 saturated heterocycles. The van der Waals surface area contributed by atoms with Crippen molar-refractivity contribution in [3.63, 3.8) is 0 Å². The number of para-hydroxylation sites is 1. The molecule has 0 spiro atoms. The summed E-state index contributed by atoms with van der Waals surface area (Å²) in [5, 5.41) is 19.1. The first-order valence-corrected chi connectivity index (χ1v) is 8.82.